The number of hydrogen-bond acceptors (Lipinski definition) is 3. The molecule has 3 nitrogen and oxygen atoms in total. The second kappa shape index (κ2) is 15.0. The summed E-state index contributed by atoms with van der Waals surface area (Å²) in [7, 11) is 2.05. The first-order valence-electron chi connectivity index (χ1n) is 11.2. The summed E-state index contributed by atoms with van der Waals surface area (Å²) in [6, 6.07) is 0. The lowest BCUT2D eigenvalue weighted by molar-refractivity contribution is 0.191. The Hall–Kier alpha value is -0.120. The van der Waals surface area contributed by atoms with Crippen LogP contribution in [0.15, 0.2) is 0 Å². The van der Waals surface area contributed by atoms with Gasteiger partial charge in [-0.05, 0) is 97.7 Å². The van der Waals surface area contributed by atoms with Gasteiger partial charge in [-0.15, -0.1) is 0 Å². The van der Waals surface area contributed by atoms with E-state index in [1.54, 1.807) is 0 Å². The molecule has 3 heterocycles. The summed E-state index contributed by atoms with van der Waals surface area (Å²) in [5.41, 5.74) is 0.639. The lowest BCUT2D eigenvalue weighted by Crippen LogP contribution is -2.36. The van der Waals surface area contributed by atoms with Crippen LogP contribution in [0, 0.1) is 5.92 Å². The molecule has 0 atom stereocenters. The number of nitrogens with zero attached hydrogens (tertiary/aromatic N) is 2. The highest BCUT2D eigenvalue weighted by atomic mass is 15.2. The molecule has 3 fully saturated rings. The van der Waals surface area contributed by atoms with Gasteiger partial charge < -0.3 is 10.2 Å². The van der Waals surface area contributed by atoms with Crippen molar-refractivity contribution >= 4 is 0 Å². The Morgan fingerprint density at radius 3 is 1.76 bits per heavy atom. The van der Waals surface area contributed by atoms with Crippen LogP contribution in [-0.2, 0) is 0 Å². The normalized spacial score (nSPS) is 22.7. The lowest BCUT2D eigenvalue weighted by Gasteiger charge is -2.30. The minimum Gasteiger partial charge on any atom is -0.319 e. The Balaban J connectivity index is 0.000000371. The van der Waals surface area contributed by atoms with Crippen LogP contribution in [0.3, 0.4) is 0 Å². The van der Waals surface area contributed by atoms with Crippen LogP contribution in [0.25, 0.3) is 0 Å². The van der Waals surface area contributed by atoms with Crippen LogP contribution in [0.4, 0.5) is 0 Å². The maximum absolute atomic E-state index is 3.25. The van der Waals surface area contributed by atoms with Gasteiger partial charge in [0.25, 0.3) is 0 Å². The second-order valence-corrected chi connectivity index (χ2v) is 7.83. The molecular formula is C22H49N3. The van der Waals surface area contributed by atoms with Crippen molar-refractivity contribution in [2.75, 3.05) is 46.3 Å². The smallest absolute Gasteiger partial charge is 0.0182 e. The predicted octanol–water partition coefficient (Wildman–Crippen LogP) is 5.01. The zero-order chi connectivity index (χ0) is 19.1. The third kappa shape index (κ3) is 9.40. The third-order valence-corrected chi connectivity index (χ3v) is 5.70. The molecule has 3 rings (SSSR count). The summed E-state index contributed by atoms with van der Waals surface area (Å²) in [4.78, 5) is 5.19. The molecular weight excluding hydrogens is 306 g/mol. The SMILES string of the molecule is CC.CC12CCCN1CCC2.CCC.CCN1CCC(CNC)CC1. The van der Waals surface area contributed by atoms with Crippen molar-refractivity contribution in [3.63, 3.8) is 0 Å². The molecule has 3 aliphatic heterocycles. The van der Waals surface area contributed by atoms with E-state index < -0.39 is 0 Å². The fraction of sp³-hybridized carbons (Fsp3) is 1.00. The van der Waals surface area contributed by atoms with Gasteiger partial charge in [0, 0.05) is 5.54 Å². The van der Waals surface area contributed by atoms with Crippen molar-refractivity contribution < 1.29 is 0 Å². The fourth-order valence-corrected chi connectivity index (χ4v) is 4.19. The Morgan fingerprint density at radius 1 is 0.920 bits per heavy atom. The van der Waals surface area contributed by atoms with Crippen LogP contribution in [0.5, 0.6) is 0 Å². The van der Waals surface area contributed by atoms with Gasteiger partial charge in [-0.2, -0.15) is 0 Å². The van der Waals surface area contributed by atoms with E-state index in [1.165, 1.54) is 84.2 Å². The highest BCUT2D eigenvalue weighted by Crippen LogP contribution is 2.37. The van der Waals surface area contributed by atoms with Gasteiger partial charge in [0.2, 0.25) is 0 Å². The highest BCUT2D eigenvalue weighted by molar-refractivity contribution is 4.96. The van der Waals surface area contributed by atoms with Gasteiger partial charge >= 0.3 is 0 Å². The molecule has 0 aromatic rings. The minimum absolute atomic E-state index is 0.639. The van der Waals surface area contributed by atoms with Gasteiger partial charge in [0.1, 0.15) is 0 Å². The second-order valence-electron chi connectivity index (χ2n) is 7.83. The number of rotatable bonds is 3. The van der Waals surface area contributed by atoms with Crippen LogP contribution < -0.4 is 5.32 Å². The first kappa shape index (κ1) is 24.9. The first-order valence-corrected chi connectivity index (χ1v) is 11.2. The summed E-state index contributed by atoms with van der Waals surface area (Å²) in [5, 5.41) is 3.25. The highest BCUT2D eigenvalue weighted by Gasteiger charge is 2.39. The number of piperidine rings is 1. The molecule has 0 saturated carbocycles. The zero-order valence-electron chi connectivity index (χ0n) is 18.7. The maximum atomic E-state index is 3.25. The molecule has 25 heavy (non-hydrogen) atoms. The van der Waals surface area contributed by atoms with Crippen molar-refractivity contribution in [3.8, 4) is 0 Å². The average Bonchev–Trinajstić information content (AvgIpc) is 3.17. The minimum atomic E-state index is 0.639. The molecule has 152 valence electrons. The summed E-state index contributed by atoms with van der Waals surface area (Å²) in [6.45, 7) is 20.7. The summed E-state index contributed by atoms with van der Waals surface area (Å²) < 4.78 is 0. The van der Waals surface area contributed by atoms with Gasteiger partial charge in [-0.1, -0.05) is 41.0 Å². The van der Waals surface area contributed by atoms with E-state index in [1.807, 2.05) is 20.9 Å². The molecule has 0 aromatic carbocycles. The molecule has 1 N–H and O–H groups in total. The van der Waals surface area contributed by atoms with Crippen molar-refractivity contribution in [2.45, 2.75) is 92.0 Å². The van der Waals surface area contributed by atoms with Crippen molar-refractivity contribution in [2.24, 2.45) is 5.92 Å². The largest absolute Gasteiger partial charge is 0.319 e. The zero-order valence-corrected chi connectivity index (χ0v) is 18.7. The van der Waals surface area contributed by atoms with E-state index in [-0.39, 0.29) is 0 Å². The van der Waals surface area contributed by atoms with Gasteiger partial charge in [-0.25, -0.2) is 0 Å². The lowest BCUT2D eigenvalue weighted by atomic mass is 9.97. The Kier molecular flexibility index (Phi) is 14.9. The first-order chi connectivity index (χ1) is 12.1. The third-order valence-electron chi connectivity index (χ3n) is 5.70. The van der Waals surface area contributed by atoms with E-state index in [9.17, 15) is 0 Å². The number of hydrogen-bond donors (Lipinski definition) is 1. The quantitative estimate of drug-likeness (QED) is 0.767. The fourth-order valence-electron chi connectivity index (χ4n) is 4.19. The van der Waals surface area contributed by atoms with Crippen LogP contribution in [-0.4, -0.2) is 61.7 Å². The average molecular weight is 356 g/mol. The molecule has 0 unspecified atom stereocenters. The van der Waals surface area contributed by atoms with E-state index in [4.69, 9.17) is 0 Å². The Labute approximate surface area is 159 Å². The molecule has 3 aliphatic rings. The monoisotopic (exact) mass is 355 g/mol. The van der Waals surface area contributed by atoms with Crippen molar-refractivity contribution in [1.29, 1.82) is 0 Å². The molecule has 0 amide bonds. The van der Waals surface area contributed by atoms with Crippen molar-refractivity contribution in [1.82, 2.24) is 15.1 Å². The number of likely N-dealkylation sites (tertiary alicyclic amines) is 1. The van der Waals surface area contributed by atoms with Gasteiger partial charge in [0.15, 0.2) is 0 Å². The Morgan fingerprint density at radius 2 is 1.40 bits per heavy atom. The van der Waals surface area contributed by atoms with Crippen molar-refractivity contribution in [3.05, 3.63) is 0 Å². The molecule has 0 aromatic heterocycles. The predicted molar refractivity (Wildman–Crippen MR) is 115 cm³/mol. The number of nitrogens with one attached hydrogen (secondary N) is 1. The molecule has 0 bridgehead atoms. The summed E-state index contributed by atoms with van der Waals surface area (Å²) in [6.07, 6.45) is 9.80. The van der Waals surface area contributed by atoms with E-state index in [0.29, 0.717) is 5.54 Å². The van der Waals surface area contributed by atoms with Gasteiger partial charge in [0.05, 0.1) is 0 Å². The number of fused-ring (bicyclic) bond motifs is 1. The molecule has 0 radical (unpaired) electrons. The maximum Gasteiger partial charge on any atom is 0.0182 e. The standard InChI is InChI=1S/C9H20N2.C8H15N.C3H8.C2H6/c1-3-11-6-4-9(5-7-11)8-10-2;1-8-4-2-6-9(8)7-3-5-8;1-3-2;1-2/h9-10H,3-8H2,1-2H3;2-7H2,1H3;3H2,1-2H3;1-2H3. The molecule has 3 heteroatoms. The molecule has 3 saturated heterocycles. The summed E-state index contributed by atoms with van der Waals surface area (Å²) in [5.74, 6) is 0.933. The summed E-state index contributed by atoms with van der Waals surface area (Å²) >= 11 is 0. The molecule has 0 spiro atoms. The van der Waals surface area contributed by atoms with E-state index in [0.717, 1.165) is 5.92 Å². The van der Waals surface area contributed by atoms with Gasteiger partial charge in [-0.3, -0.25) is 4.90 Å². The van der Waals surface area contributed by atoms with E-state index >= 15 is 0 Å². The van der Waals surface area contributed by atoms with Crippen LogP contribution in [0.1, 0.15) is 86.5 Å². The Bertz CT molecular complexity index is 275. The molecule has 0 aliphatic carbocycles. The topological polar surface area (TPSA) is 18.5 Å². The van der Waals surface area contributed by atoms with Crippen LogP contribution in [0.2, 0.25) is 0 Å². The van der Waals surface area contributed by atoms with Crippen LogP contribution >= 0.6 is 0 Å². The van der Waals surface area contributed by atoms with E-state index in [2.05, 4.69) is 42.8 Å².